The highest BCUT2D eigenvalue weighted by Gasteiger charge is 2.12. The molecule has 3 nitrogen and oxygen atoms in total. The minimum absolute atomic E-state index is 0.180. The summed E-state index contributed by atoms with van der Waals surface area (Å²) in [4.78, 5) is 10.4. The van der Waals surface area contributed by atoms with Crippen LogP contribution in [0.15, 0.2) is 30.3 Å². The Labute approximate surface area is 130 Å². The molecule has 3 rings (SSSR count). The van der Waals surface area contributed by atoms with E-state index in [-0.39, 0.29) is 5.28 Å². The molecular formula is C14H10Cl2N2OS. The Morgan fingerprint density at radius 1 is 1.20 bits per heavy atom. The van der Waals surface area contributed by atoms with Crippen molar-refractivity contribution in [3.63, 3.8) is 0 Å². The zero-order chi connectivity index (χ0) is 14.1. The van der Waals surface area contributed by atoms with Crippen molar-refractivity contribution in [3.05, 3.63) is 45.5 Å². The molecule has 0 spiro atoms. The maximum Gasteiger partial charge on any atom is 0.232 e. The Hall–Kier alpha value is -1.36. The van der Waals surface area contributed by atoms with Gasteiger partial charge in [0.15, 0.2) is 0 Å². The number of benzene rings is 1. The van der Waals surface area contributed by atoms with Gasteiger partial charge in [0.25, 0.3) is 0 Å². The second-order valence-corrected chi connectivity index (χ2v) is 6.03. The average molecular weight is 325 g/mol. The van der Waals surface area contributed by atoms with Gasteiger partial charge >= 0.3 is 0 Å². The van der Waals surface area contributed by atoms with Crippen molar-refractivity contribution in [1.82, 2.24) is 9.97 Å². The molecule has 0 radical (unpaired) electrons. The van der Waals surface area contributed by atoms with Gasteiger partial charge in [0.05, 0.1) is 5.39 Å². The van der Waals surface area contributed by atoms with E-state index in [2.05, 4.69) is 16.9 Å². The predicted octanol–water partition coefficient (Wildman–Crippen LogP) is 5.35. The van der Waals surface area contributed by atoms with Crippen LogP contribution in [0.5, 0.6) is 11.6 Å². The van der Waals surface area contributed by atoms with Gasteiger partial charge in [0.2, 0.25) is 11.2 Å². The van der Waals surface area contributed by atoms with E-state index in [1.165, 1.54) is 4.88 Å². The zero-order valence-electron chi connectivity index (χ0n) is 10.6. The van der Waals surface area contributed by atoms with Crippen molar-refractivity contribution >= 4 is 44.8 Å². The summed E-state index contributed by atoms with van der Waals surface area (Å²) < 4.78 is 5.80. The lowest BCUT2D eigenvalue weighted by Crippen LogP contribution is -1.91. The van der Waals surface area contributed by atoms with Crippen LogP contribution in [-0.4, -0.2) is 9.97 Å². The number of rotatable bonds is 3. The molecule has 20 heavy (non-hydrogen) atoms. The fraction of sp³-hybridized carbons (Fsp3) is 0.143. The topological polar surface area (TPSA) is 35.0 Å². The first-order valence-corrected chi connectivity index (χ1v) is 7.62. The highest BCUT2D eigenvalue weighted by Crippen LogP contribution is 2.34. The van der Waals surface area contributed by atoms with Crippen LogP contribution in [0.4, 0.5) is 0 Å². The van der Waals surface area contributed by atoms with Crippen LogP contribution < -0.4 is 4.74 Å². The molecule has 1 aromatic carbocycles. The molecule has 3 aromatic rings. The fourth-order valence-corrected chi connectivity index (χ4v) is 3.16. The normalized spacial score (nSPS) is 10.9. The minimum atomic E-state index is 0.180. The van der Waals surface area contributed by atoms with Crippen molar-refractivity contribution < 1.29 is 4.74 Å². The summed E-state index contributed by atoms with van der Waals surface area (Å²) >= 11 is 13.5. The van der Waals surface area contributed by atoms with E-state index in [4.69, 9.17) is 27.9 Å². The molecule has 102 valence electrons. The van der Waals surface area contributed by atoms with Crippen LogP contribution in [0.2, 0.25) is 10.3 Å². The van der Waals surface area contributed by atoms with Crippen LogP contribution >= 0.6 is 34.5 Å². The average Bonchev–Trinajstić information content (AvgIpc) is 2.82. The first kappa shape index (κ1) is 13.6. The summed E-state index contributed by atoms with van der Waals surface area (Å²) in [6.07, 6.45) is 0.940. The molecule has 0 saturated carbocycles. The Morgan fingerprint density at radius 2 is 2.05 bits per heavy atom. The Morgan fingerprint density at radius 3 is 2.80 bits per heavy atom. The number of aryl methyl sites for hydroxylation is 1. The third-order valence-electron chi connectivity index (χ3n) is 2.74. The fourth-order valence-electron chi connectivity index (χ4n) is 1.81. The molecule has 0 saturated heterocycles. The molecule has 0 fully saturated rings. The Bertz CT molecular complexity index is 773. The van der Waals surface area contributed by atoms with Crippen LogP contribution in [-0.2, 0) is 6.42 Å². The quantitative estimate of drug-likeness (QED) is 0.609. The smallest absolute Gasteiger partial charge is 0.232 e. The number of halogens is 2. The third kappa shape index (κ3) is 2.73. The second-order valence-electron chi connectivity index (χ2n) is 4.14. The molecule has 0 aliphatic rings. The largest absolute Gasteiger partial charge is 0.438 e. The monoisotopic (exact) mass is 324 g/mol. The first-order chi connectivity index (χ1) is 9.65. The van der Waals surface area contributed by atoms with Gasteiger partial charge in [-0.3, -0.25) is 0 Å². The van der Waals surface area contributed by atoms with E-state index in [9.17, 15) is 0 Å². The van der Waals surface area contributed by atoms with Crippen molar-refractivity contribution in [3.8, 4) is 11.6 Å². The molecular weight excluding hydrogens is 315 g/mol. The van der Waals surface area contributed by atoms with Gasteiger partial charge in [0.1, 0.15) is 10.6 Å². The highest BCUT2D eigenvalue weighted by molar-refractivity contribution is 7.18. The van der Waals surface area contributed by atoms with E-state index in [1.807, 2.05) is 18.2 Å². The predicted molar refractivity (Wildman–Crippen MR) is 83.3 cm³/mol. The van der Waals surface area contributed by atoms with Gasteiger partial charge < -0.3 is 4.74 Å². The lowest BCUT2D eigenvalue weighted by molar-refractivity contribution is 0.468. The van der Waals surface area contributed by atoms with Gasteiger partial charge in [0, 0.05) is 9.90 Å². The maximum absolute atomic E-state index is 5.95. The van der Waals surface area contributed by atoms with E-state index in [0.29, 0.717) is 16.7 Å². The van der Waals surface area contributed by atoms with E-state index < -0.39 is 0 Å². The summed E-state index contributed by atoms with van der Waals surface area (Å²) in [6, 6.07) is 9.20. The first-order valence-electron chi connectivity index (χ1n) is 6.05. The maximum atomic E-state index is 5.95. The lowest BCUT2D eigenvalue weighted by atomic mass is 10.3. The Balaban J connectivity index is 2.08. The standard InChI is InChI=1S/C14H10Cl2N2OS/c1-2-10-7-11-12(17-14(16)18-13(11)20-10)19-9-5-3-4-8(15)6-9/h3-7H,2H2,1H3. The molecule has 0 N–H and O–H groups in total. The summed E-state index contributed by atoms with van der Waals surface area (Å²) in [5.74, 6) is 1.08. The minimum Gasteiger partial charge on any atom is -0.438 e. The molecule has 0 amide bonds. The molecule has 6 heteroatoms. The molecule has 0 unspecified atom stereocenters. The van der Waals surface area contributed by atoms with Gasteiger partial charge in [-0.1, -0.05) is 24.6 Å². The number of hydrogen-bond donors (Lipinski definition) is 0. The summed E-state index contributed by atoms with van der Waals surface area (Å²) in [5, 5.41) is 1.66. The summed E-state index contributed by atoms with van der Waals surface area (Å²) in [5.41, 5.74) is 0. The SMILES string of the molecule is CCc1cc2c(Oc3cccc(Cl)c3)nc(Cl)nc2s1. The van der Waals surface area contributed by atoms with Crippen molar-refractivity contribution in [1.29, 1.82) is 0 Å². The second kappa shape index (κ2) is 5.56. The zero-order valence-corrected chi connectivity index (χ0v) is 12.9. The Kier molecular flexibility index (Phi) is 3.78. The van der Waals surface area contributed by atoms with Crippen molar-refractivity contribution in [2.75, 3.05) is 0 Å². The third-order valence-corrected chi connectivity index (χ3v) is 4.32. The van der Waals surface area contributed by atoms with Crippen LogP contribution in [0.1, 0.15) is 11.8 Å². The summed E-state index contributed by atoms with van der Waals surface area (Å²) in [6.45, 7) is 2.09. The number of nitrogens with zero attached hydrogens (tertiary/aromatic N) is 2. The van der Waals surface area contributed by atoms with Crippen LogP contribution in [0.25, 0.3) is 10.2 Å². The number of thiophene rings is 1. The number of hydrogen-bond acceptors (Lipinski definition) is 4. The van der Waals surface area contributed by atoms with Gasteiger partial charge in [-0.05, 0) is 42.3 Å². The highest BCUT2D eigenvalue weighted by atomic mass is 35.5. The van der Waals surface area contributed by atoms with Crippen molar-refractivity contribution in [2.45, 2.75) is 13.3 Å². The number of aromatic nitrogens is 2. The van der Waals surface area contributed by atoms with Crippen LogP contribution in [0.3, 0.4) is 0 Å². The van der Waals surface area contributed by atoms with Gasteiger partial charge in [-0.2, -0.15) is 4.98 Å². The van der Waals surface area contributed by atoms with Crippen LogP contribution in [0, 0.1) is 0 Å². The molecule has 0 aliphatic carbocycles. The van der Waals surface area contributed by atoms with E-state index in [1.54, 1.807) is 23.5 Å². The molecule has 2 aromatic heterocycles. The van der Waals surface area contributed by atoms with Crippen molar-refractivity contribution in [2.24, 2.45) is 0 Å². The molecule has 0 bridgehead atoms. The van der Waals surface area contributed by atoms with Gasteiger partial charge in [-0.15, -0.1) is 11.3 Å². The van der Waals surface area contributed by atoms with E-state index in [0.717, 1.165) is 16.6 Å². The van der Waals surface area contributed by atoms with E-state index >= 15 is 0 Å². The van der Waals surface area contributed by atoms with Gasteiger partial charge in [-0.25, -0.2) is 4.98 Å². The number of fused-ring (bicyclic) bond motifs is 1. The summed E-state index contributed by atoms with van der Waals surface area (Å²) in [7, 11) is 0. The lowest BCUT2D eigenvalue weighted by Gasteiger charge is -2.06. The molecule has 2 heterocycles. The number of ether oxygens (including phenoxy) is 1. The molecule has 0 aliphatic heterocycles. The molecule has 0 atom stereocenters.